The van der Waals surface area contributed by atoms with Crippen molar-refractivity contribution in [1.29, 1.82) is 0 Å². The lowest BCUT2D eigenvalue weighted by atomic mass is 9.97. The maximum absolute atomic E-state index is 15.2. The summed E-state index contributed by atoms with van der Waals surface area (Å²) < 4.78 is 5.92. The van der Waals surface area contributed by atoms with Gasteiger partial charge in [-0.3, -0.25) is 57.5 Å². The average molecular weight is 1170 g/mol. The van der Waals surface area contributed by atoms with E-state index < -0.39 is 150 Å². The number of likely N-dealkylation sites (tertiary alicyclic amines) is 1. The number of amides is 10. The summed E-state index contributed by atoms with van der Waals surface area (Å²) in [6.07, 6.45) is 0.532. The number of carbonyl (C=O) groups excluding carboxylic acids is 12. The number of esters is 1. The molecule has 3 N–H and O–H groups in total. The fourth-order valence-corrected chi connectivity index (χ4v) is 12.5. The SMILES string of the molecule is CCC(=O)C(=O)N(C)C(C(=O)N1CC(C)CC1C(=O)N(C)C1C(=O)NC(CC(C)C)C(=O)N2CC(C)CC2C(=O)NC(CCC(C)C)C(=O)N(C)C(C(C)C)C(=O)N2CCCC2C(=O)N(C)C(CC(C)C)C(=O)NCC(=O)OC1C)C(C)C. The first-order valence-corrected chi connectivity index (χ1v) is 30.3. The van der Waals surface area contributed by atoms with Crippen molar-refractivity contribution >= 4 is 70.8 Å². The number of hydrogen-bond donors (Lipinski definition) is 3. The number of carbonyl (C=O) groups is 12. The molecule has 4 fully saturated rings. The molecule has 0 bridgehead atoms. The summed E-state index contributed by atoms with van der Waals surface area (Å²) in [5, 5.41) is 8.44. The molecule has 4 rings (SSSR count). The molecule has 4 heterocycles. The first kappa shape index (κ1) is 69.3. The monoisotopic (exact) mass is 1170 g/mol. The summed E-state index contributed by atoms with van der Waals surface area (Å²) >= 11 is 0. The molecule has 0 saturated carbocycles. The molecule has 4 aliphatic rings. The second kappa shape index (κ2) is 30.1. The van der Waals surface area contributed by atoms with Gasteiger partial charge in [-0.15, -0.1) is 0 Å². The third-order valence-electron chi connectivity index (χ3n) is 16.8. The number of fused-ring (bicyclic) bond motifs is 2. The molecule has 12 atom stereocenters. The van der Waals surface area contributed by atoms with Gasteiger partial charge in [0.05, 0.1) is 0 Å². The van der Waals surface area contributed by atoms with E-state index in [9.17, 15) is 43.2 Å². The molecule has 10 amide bonds. The molecule has 83 heavy (non-hydrogen) atoms. The van der Waals surface area contributed by atoms with Crippen molar-refractivity contribution < 1.29 is 62.3 Å². The van der Waals surface area contributed by atoms with E-state index in [1.165, 1.54) is 66.5 Å². The van der Waals surface area contributed by atoms with Crippen LogP contribution in [0.1, 0.15) is 155 Å². The lowest BCUT2D eigenvalue weighted by molar-refractivity contribution is -0.160. The second-order valence-corrected chi connectivity index (χ2v) is 26.0. The summed E-state index contributed by atoms with van der Waals surface area (Å²) in [5.41, 5.74) is 0. The van der Waals surface area contributed by atoms with Crippen LogP contribution in [-0.4, -0.2) is 220 Å². The highest BCUT2D eigenvalue weighted by Crippen LogP contribution is 2.31. The van der Waals surface area contributed by atoms with E-state index in [1.807, 2.05) is 55.4 Å². The van der Waals surface area contributed by atoms with Gasteiger partial charge in [0, 0.05) is 54.2 Å². The molecule has 4 aliphatic heterocycles. The number of nitrogens with zero attached hydrogens (tertiary/aromatic N) is 7. The molecule has 468 valence electrons. The van der Waals surface area contributed by atoms with Crippen LogP contribution in [-0.2, 0) is 62.3 Å². The fraction of sp³-hybridized carbons (Fsp3) is 0.800. The third kappa shape index (κ3) is 17.0. The van der Waals surface area contributed by atoms with Gasteiger partial charge in [-0.2, -0.15) is 0 Å². The number of cyclic esters (lactones) is 1. The van der Waals surface area contributed by atoms with Crippen LogP contribution in [0, 0.1) is 41.4 Å². The summed E-state index contributed by atoms with van der Waals surface area (Å²) in [6.45, 7) is 24.8. The Morgan fingerprint density at radius 1 is 0.675 bits per heavy atom. The van der Waals surface area contributed by atoms with Crippen LogP contribution in [0.2, 0.25) is 0 Å². The Morgan fingerprint density at radius 3 is 1.84 bits per heavy atom. The molecular weight excluding hydrogens is 1070 g/mol. The molecule has 0 aromatic rings. The third-order valence-corrected chi connectivity index (χ3v) is 16.8. The smallest absolute Gasteiger partial charge is 0.325 e. The Labute approximate surface area is 492 Å². The van der Waals surface area contributed by atoms with E-state index in [2.05, 4.69) is 16.0 Å². The Balaban J connectivity index is 1.88. The standard InChI is InChI=1S/C60H100N10O13/c1-19-46(71)58(80)66(17)49(36(10)11)60(82)70-31-38(13)28-45(70)57(79)67(18)50-39(14)83-47(72)29-61-51(73)43(26-34(6)7)64(15)56(78)42-21-20-24-68(42)59(81)48(35(8)9)65(16)54(76)40(23-22-32(2)3)62-52(74)44-27-37(12)30-69(44)55(77)41(25-33(4)5)63-53(50)75/h32-45,48-50H,19-31H2,1-18H3,(H,61,73)(H,62,74)(H,63,75). The molecule has 0 aliphatic carbocycles. The van der Waals surface area contributed by atoms with Gasteiger partial charge in [-0.1, -0.05) is 90.0 Å². The number of likely N-dealkylation sites (N-methyl/N-ethyl adjacent to an activating group) is 4. The van der Waals surface area contributed by atoms with Crippen LogP contribution < -0.4 is 16.0 Å². The maximum atomic E-state index is 15.2. The average Bonchev–Trinajstić information content (AvgIpc) is 4.39. The topological polar surface area (TPSA) is 273 Å². The largest absolute Gasteiger partial charge is 0.459 e. The summed E-state index contributed by atoms with van der Waals surface area (Å²) in [6, 6.07) is -10.6. The second-order valence-electron chi connectivity index (χ2n) is 26.0. The van der Waals surface area contributed by atoms with E-state index in [1.54, 1.807) is 27.7 Å². The number of hydrogen-bond acceptors (Lipinski definition) is 13. The molecule has 0 spiro atoms. The molecule has 12 unspecified atom stereocenters. The van der Waals surface area contributed by atoms with Crippen molar-refractivity contribution in [3.8, 4) is 0 Å². The minimum Gasteiger partial charge on any atom is -0.459 e. The molecular formula is C60H100N10O13. The minimum absolute atomic E-state index is 0.0669. The van der Waals surface area contributed by atoms with Crippen molar-refractivity contribution in [1.82, 2.24) is 50.2 Å². The summed E-state index contributed by atoms with van der Waals surface area (Å²) in [7, 11) is 5.67. The zero-order valence-corrected chi connectivity index (χ0v) is 52.9. The highest BCUT2D eigenvalue weighted by atomic mass is 16.5. The highest BCUT2D eigenvalue weighted by molar-refractivity contribution is 6.36. The Bertz CT molecular complexity index is 2400. The van der Waals surface area contributed by atoms with E-state index in [-0.39, 0.29) is 94.2 Å². The minimum atomic E-state index is -1.68. The van der Waals surface area contributed by atoms with Gasteiger partial charge in [0.15, 0.2) is 0 Å². The quantitative estimate of drug-likeness (QED) is 0.157. The predicted octanol–water partition coefficient (Wildman–Crippen LogP) is 2.61. The number of ether oxygens (including phenoxy) is 1. The van der Waals surface area contributed by atoms with Crippen LogP contribution >= 0.6 is 0 Å². The Morgan fingerprint density at radius 2 is 1.28 bits per heavy atom. The lowest BCUT2D eigenvalue weighted by Gasteiger charge is -2.38. The normalized spacial score (nSPS) is 28.3. The lowest BCUT2D eigenvalue weighted by Crippen LogP contribution is -2.62. The molecule has 0 radical (unpaired) electrons. The fourth-order valence-electron chi connectivity index (χ4n) is 12.5. The molecule has 4 saturated heterocycles. The number of nitrogens with one attached hydrogen (secondary N) is 3. The zero-order chi connectivity index (χ0) is 62.8. The van der Waals surface area contributed by atoms with Gasteiger partial charge in [0.2, 0.25) is 58.9 Å². The number of Topliss-reactive ketones (excluding diaryl/α,β-unsaturated/α-hetero) is 1. The van der Waals surface area contributed by atoms with Crippen molar-refractivity contribution in [3.05, 3.63) is 0 Å². The van der Waals surface area contributed by atoms with Crippen LogP contribution in [0.25, 0.3) is 0 Å². The van der Waals surface area contributed by atoms with Crippen molar-refractivity contribution in [2.24, 2.45) is 41.4 Å². The van der Waals surface area contributed by atoms with Gasteiger partial charge < -0.3 is 55.0 Å². The summed E-state index contributed by atoms with van der Waals surface area (Å²) in [5.74, 6) is -9.76. The summed E-state index contributed by atoms with van der Waals surface area (Å²) in [4.78, 5) is 182. The van der Waals surface area contributed by atoms with Crippen molar-refractivity contribution in [3.63, 3.8) is 0 Å². The van der Waals surface area contributed by atoms with E-state index in [0.717, 1.165) is 9.80 Å². The van der Waals surface area contributed by atoms with Crippen LogP contribution in [0.15, 0.2) is 0 Å². The van der Waals surface area contributed by atoms with Gasteiger partial charge in [-0.25, -0.2) is 0 Å². The molecule has 23 heteroatoms. The van der Waals surface area contributed by atoms with Crippen molar-refractivity contribution in [2.45, 2.75) is 215 Å². The van der Waals surface area contributed by atoms with Gasteiger partial charge in [0.1, 0.15) is 67.0 Å². The van der Waals surface area contributed by atoms with E-state index in [0.29, 0.717) is 12.8 Å². The van der Waals surface area contributed by atoms with Crippen molar-refractivity contribution in [2.75, 3.05) is 54.4 Å². The highest BCUT2D eigenvalue weighted by Gasteiger charge is 2.49. The molecule has 23 nitrogen and oxygen atoms in total. The molecule has 0 aromatic carbocycles. The van der Waals surface area contributed by atoms with Gasteiger partial charge >= 0.3 is 5.97 Å². The van der Waals surface area contributed by atoms with Crippen LogP contribution in [0.5, 0.6) is 0 Å². The first-order chi connectivity index (χ1) is 38.7. The van der Waals surface area contributed by atoms with Crippen LogP contribution in [0.4, 0.5) is 0 Å². The first-order valence-electron chi connectivity index (χ1n) is 30.3. The Kier molecular flexibility index (Phi) is 25.1. The zero-order valence-electron chi connectivity index (χ0n) is 52.9. The van der Waals surface area contributed by atoms with E-state index in [4.69, 9.17) is 4.74 Å². The van der Waals surface area contributed by atoms with Crippen LogP contribution in [0.3, 0.4) is 0 Å². The predicted molar refractivity (Wildman–Crippen MR) is 310 cm³/mol. The number of rotatable bonds is 15. The number of ketones is 1. The van der Waals surface area contributed by atoms with Gasteiger partial charge in [0.25, 0.3) is 5.91 Å². The van der Waals surface area contributed by atoms with Gasteiger partial charge in [-0.05, 0) is 99.7 Å². The Hall–Kier alpha value is -6.16. The molecule has 0 aromatic heterocycles. The maximum Gasteiger partial charge on any atom is 0.325 e. The van der Waals surface area contributed by atoms with E-state index >= 15 is 14.4 Å².